The number of para-hydroxylation sites is 2. The highest BCUT2D eigenvalue weighted by atomic mass is 16.3. The van der Waals surface area contributed by atoms with Crippen molar-refractivity contribution in [3.63, 3.8) is 0 Å². The molecule has 52 heavy (non-hydrogen) atoms. The Hall–Kier alpha value is -6.64. The summed E-state index contributed by atoms with van der Waals surface area (Å²) >= 11 is 0. The minimum absolute atomic E-state index is 0.449. The summed E-state index contributed by atoms with van der Waals surface area (Å²) in [5.74, 6) is 0. The fraction of sp³-hybridized carbons (Fsp3) is 0.0400. The van der Waals surface area contributed by atoms with E-state index in [1.807, 2.05) is 6.07 Å². The minimum atomic E-state index is -0.449. The van der Waals surface area contributed by atoms with E-state index in [0.29, 0.717) is 0 Å². The zero-order valence-electron chi connectivity index (χ0n) is 28.8. The number of benzene rings is 8. The number of furan rings is 1. The van der Waals surface area contributed by atoms with Crippen LogP contribution in [0.5, 0.6) is 0 Å². The lowest BCUT2D eigenvalue weighted by Gasteiger charge is -2.31. The standard InChI is InChI=1S/C50H35NO/c1-50(46-21-12-19-44-43-18-9-11-22-48(43)52-49(44)46)45-20-10-8-17-41(45)42-32-31-40(33-47(42)50)51(38-27-23-36(24-28-38)34-13-4-2-5-14-34)39-29-25-37(26-30-39)35-15-6-3-7-16-35/h2-33H,1H3. The van der Waals surface area contributed by atoms with Gasteiger partial charge in [-0.15, -0.1) is 0 Å². The molecular weight excluding hydrogens is 631 g/mol. The molecule has 9 aromatic rings. The van der Waals surface area contributed by atoms with Crippen molar-refractivity contribution in [2.45, 2.75) is 12.3 Å². The van der Waals surface area contributed by atoms with Gasteiger partial charge in [-0.2, -0.15) is 0 Å². The van der Waals surface area contributed by atoms with Crippen molar-refractivity contribution in [2.75, 3.05) is 4.90 Å². The Labute approximate surface area is 303 Å². The maximum atomic E-state index is 6.69. The first kappa shape index (κ1) is 30.2. The van der Waals surface area contributed by atoms with Crippen LogP contribution in [0.1, 0.15) is 23.6 Å². The number of nitrogens with zero attached hydrogens (tertiary/aromatic N) is 1. The van der Waals surface area contributed by atoms with E-state index >= 15 is 0 Å². The molecule has 0 spiro atoms. The molecule has 0 aliphatic heterocycles. The molecule has 0 radical (unpaired) electrons. The van der Waals surface area contributed by atoms with Gasteiger partial charge in [0, 0.05) is 38.8 Å². The van der Waals surface area contributed by atoms with Crippen LogP contribution < -0.4 is 4.90 Å². The van der Waals surface area contributed by atoms with Gasteiger partial charge in [0.1, 0.15) is 11.2 Å². The molecule has 1 aromatic heterocycles. The average Bonchev–Trinajstić information content (AvgIpc) is 3.72. The number of anilines is 3. The maximum Gasteiger partial charge on any atom is 0.139 e. The van der Waals surface area contributed by atoms with Gasteiger partial charge in [-0.3, -0.25) is 0 Å². The maximum absolute atomic E-state index is 6.69. The highest BCUT2D eigenvalue weighted by Crippen LogP contribution is 2.55. The quantitative estimate of drug-likeness (QED) is 0.176. The van der Waals surface area contributed by atoms with Gasteiger partial charge in [0.2, 0.25) is 0 Å². The smallest absolute Gasteiger partial charge is 0.139 e. The topological polar surface area (TPSA) is 16.4 Å². The summed E-state index contributed by atoms with van der Waals surface area (Å²) in [6.45, 7) is 2.37. The SMILES string of the molecule is CC1(c2cccc3c2oc2ccccc23)c2ccccc2-c2ccc(N(c3ccc(-c4ccccc4)cc3)c3ccc(-c4ccccc4)cc3)cc21. The van der Waals surface area contributed by atoms with Crippen molar-refractivity contribution in [3.8, 4) is 33.4 Å². The zero-order valence-corrected chi connectivity index (χ0v) is 28.8. The lowest BCUT2D eigenvalue weighted by Crippen LogP contribution is -2.23. The Bertz CT molecular complexity index is 2640. The number of hydrogen-bond donors (Lipinski definition) is 0. The van der Waals surface area contributed by atoms with Gasteiger partial charge < -0.3 is 9.32 Å². The molecule has 2 nitrogen and oxygen atoms in total. The van der Waals surface area contributed by atoms with Gasteiger partial charge in [0.05, 0.1) is 0 Å². The Morgan fingerprint density at radius 3 is 1.56 bits per heavy atom. The zero-order chi connectivity index (χ0) is 34.6. The van der Waals surface area contributed by atoms with E-state index in [1.165, 1.54) is 50.1 Å². The molecular formula is C50H35NO. The Morgan fingerprint density at radius 1 is 0.385 bits per heavy atom. The van der Waals surface area contributed by atoms with Crippen LogP contribution in [0, 0.1) is 0 Å². The molecule has 10 rings (SSSR count). The molecule has 1 aliphatic carbocycles. The lowest BCUT2D eigenvalue weighted by atomic mass is 9.73. The first-order valence-corrected chi connectivity index (χ1v) is 17.9. The first-order chi connectivity index (χ1) is 25.7. The molecule has 1 heterocycles. The van der Waals surface area contributed by atoms with E-state index in [2.05, 4.69) is 200 Å². The van der Waals surface area contributed by atoms with Crippen molar-refractivity contribution in [1.29, 1.82) is 0 Å². The molecule has 0 N–H and O–H groups in total. The summed E-state index contributed by atoms with van der Waals surface area (Å²) in [6.07, 6.45) is 0. The molecule has 2 heteroatoms. The van der Waals surface area contributed by atoms with Crippen LogP contribution in [-0.2, 0) is 5.41 Å². The molecule has 246 valence electrons. The van der Waals surface area contributed by atoms with Gasteiger partial charge in [0.25, 0.3) is 0 Å². The molecule has 8 aromatic carbocycles. The summed E-state index contributed by atoms with van der Waals surface area (Å²) < 4.78 is 6.69. The molecule has 0 saturated carbocycles. The Balaban J connectivity index is 1.16. The molecule has 0 amide bonds. The first-order valence-electron chi connectivity index (χ1n) is 17.9. The molecule has 0 fully saturated rings. The number of rotatable bonds is 6. The highest BCUT2D eigenvalue weighted by molar-refractivity contribution is 6.07. The normalized spacial score (nSPS) is 14.7. The summed E-state index contributed by atoms with van der Waals surface area (Å²) in [4.78, 5) is 2.38. The summed E-state index contributed by atoms with van der Waals surface area (Å²) in [6, 6.07) is 69.9. The van der Waals surface area contributed by atoms with Gasteiger partial charge in [-0.05, 0) is 93.9 Å². The Kier molecular flexibility index (Phi) is 6.97. The average molecular weight is 666 g/mol. The molecule has 0 saturated heterocycles. The fourth-order valence-electron chi connectivity index (χ4n) is 8.36. The van der Waals surface area contributed by atoms with Gasteiger partial charge >= 0.3 is 0 Å². The van der Waals surface area contributed by atoms with Crippen LogP contribution in [0.15, 0.2) is 199 Å². The summed E-state index contributed by atoms with van der Waals surface area (Å²) in [5.41, 5.74) is 15.8. The van der Waals surface area contributed by atoms with Gasteiger partial charge in [0.15, 0.2) is 0 Å². The van der Waals surface area contributed by atoms with Gasteiger partial charge in [-0.25, -0.2) is 0 Å². The van der Waals surface area contributed by atoms with E-state index in [1.54, 1.807) is 0 Å². The number of hydrogen-bond acceptors (Lipinski definition) is 2. The van der Waals surface area contributed by atoms with E-state index in [0.717, 1.165) is 39.0 Å². The van der Waals surface area contributed by atoms with Crippen LogP contribution in [0.25, 0.3) is 55.3 Å². The predicted octanol–water partition coefficient (Wildman–Crippen LogP) is 13.7. The largest absolute Gasteiger partial charge is 0.456 e. The van der Waals surface area contributed by atoms with Gasteiger partial charge in [-0.1, -0.05) is 152 Å². The fourth-order valence-corrected chi connectivity index (χ4v) is 8.36. The van der Waals surface area contributed by atoms with Crippen molar-refractivity contribution >= 4 is 39.0 Å². The van der Waals surface area contributed by atoms with E-state index in [9.17, 15) is 0 Å². The lowest BCUT2D eigenvalue weighted by molar-refractivity contribution is 0.638. The monoisotopic (exact) mass is 665 g/mol. The van der Waals surface area contributed by atoms with Crippen LogP contribution in [-0.4, -0.2) is 0 Å². The van der Waals surface area contributed by atoms with Crippen LogP contribution in [0.4, 0.5) is 17.1 Å². The van der Waals surface area contributed by atoms with Crippen molar-refractivity contribution in [2.24, 2.45) is 0 Å². The number of fused-ring (bicyclic) bond motifs is 6. The molecule has 0 bridgehead atoms. The predicted molar refractivity (Wildman–Crippen MR) is 217 cm³/mol. The van der Waals surface area contributed by atoms with Crippen LogP contribution in [0.2, 0.25) is 0 Å². The van der Waals surface area contributed by atoms with E-state index in [-0.39, 0.29) is 0 Å². The Morgan fingerprint density at radius 2 is 0.885 bits per heavy atom. The summed E-state index contributed by atoms with van der Waals surface area (Å²) in [5, 5.41) is 2.29. The summed E-state index contributed by atoms with van der Waals surface area (Å²) in [7, 11) is 0. The van der Waals surface area contributed by atoms with Crippen molar-refractivity contribution < 1.29 is 4.42 Å². The second-order valence-corrected chi connectivity index (χ2v) is 13.8. The molecule has 1 aliphatic rings. The third kappa shape index (κ3) is 4.72. The van der Waals surface area contributed by atoms with E-state index in [4.69, 9.17) is 4.42 Å². The highest BCUT2D eigenvalue weighted by Gasteiger charge is 2.43. The van der Waals surface area contributed by atoms with E-state index < -0.39 is 5.41 Å². The van der Waals surface area contributed by atoms with Crippen LogP contribution in [0.3, 0.4) is 0 Å². The van der Waals surface area contributed by atoms with Crippen molar-refractivity contribution in [3.05, 3.63) is 211 Å². The third-order valence-electron chi connectivity index (χ3n) is 11.0. The minimum Gasteiger partial charge on any atom is -0.456 e. The van der Waals surface area contributed by atoms with Crippen molar-refractivity contribution in [1.82, 2.24) is 0 Å². The third-order valence-corrected chi connectivity index (χ3v) is 11.0. The molecule has 1 atom stereocenters. The second-order valence-electron chi connectivity index (χ2n) is 13.8. The second kappa shape index (κ2) is 12.0. The molecule has 1 unspecified atom stereocenters. The van der Waals surface area contributed by atoms with Crippen LogP contribution >= 0.6 is 0 Å².